The van der Waals surface area contributed by atoms with Crippen molar-refractivity contribution in [1.29, 1.82) is 0 Å². The number of hydrogen-bond acceptors (Lipinski definition) is 6. The van der Waals surface area contributed by atoms with E-state index in [1.54, 1.807) is 0 Å². The minimum Gasteiger partial charge on any atom is -0.469 e. The standard InChI is InChI=1S/C8H11F3O5S/c1-14-5(12)4-7(17-16-3,6(13)15-2)8(9,10)11/h4H2,1-3H3. The number of alkyl halides is 3. The highest BCUT2D eigenvalue weighted by atomic mass is 32.2. The number of rotatable bonds is 5. The molecule has 0 rings (SSSR count). The number of hydrogen-bond donors (Lipinski definition) is 0. The molecular weight excluding hydrogens is 265 g/mol. The Kier molecular flexibility index (Phi) is 5.76. The zero-order valence-corrected chi connectivity index (χ0v) is 10.1. The number of esters is 2. The Morgan fingerprint density at radius 1 is 1.12 bits per heavy atom. The second kappa shape index (κ2) is 6.10. The second-order valence-electron chi connectivity index (χ2n) is 2.82. The fourth-order valence-corrected chi connectivity index (χ4v) is 1.69. The summed E-state index contributed by atoms with van der Waals surface area (Å²) in [6, 6.07) is 0. The molecule has 0 aromatic rings. The maximum atomic E-state index is 12.9. The summed E-state index contributed by atoms with van der Waals surface area (Å²) in [4.78, 5) is 22.2. The van der Waals surface area contributed by atoms with E-state index in [4.69, 9.17) is 0 Å². The van der Waals surface area contributed by atoms with E-state index in [-0.39, 0.29) is 12.0 Å². The predicted octanol–water partition coefficient (Wildman–Crippen LogP) is 1.32. The number of halogens is 3. The first-order valence-electron chi connectivity index (χ1n) is 4.19. The van der Waals surface area contributed by atoms with E-state index in [1.807, 2.05) is 0 Å². The van der Waals surface area contributed by atoms with Gasteiger partial charge in [-0.05, 0) is 0 Å². The van der Waals surface area contributed by atoms with Crippen molar-refractivity contribution in [3.63, 3.8) is 0 Å². The minimum absolute atomic E-state index is 0.193. The summed E-state index contributed by atoms with van der Waals surface area (Å²) < 4.78 is 48.0. The Morgan fingerprint density at radius 2 is 1.65 bits per heavy atom. The van der Waals surface area contributed by atoms with Gasteiger partial charge in [0.05, 0.1) is 27.8 Å². The third kappa shape index (κ3) is 3.50. The van der Waals surface area contributed by atoms with E-state index < -0.39 is 29.3 Å². The van der Waals surface area contributed by atoms with E-state index in [0.717, 1.165) is 21.3 Å². The molecular formula is C8H11F3O5S. The van der Waals surface area contributed by atoms with E-state index in [0.29, 0.717) is 0 Å². The van der Waals surface area contributed by atoms with Crippen LogP contribution in [0.2, 0.25) is 0 Å². The van der Waals surface area contributed by atoms with Crippen LogP contribution in [-0.4, -0.2) is 44.2 Å². The van der Waals surface area contributed by atoms with Crippen LogP contribution in [0.15, 0.2) is 0 Å². The molecule has 0 saturated carbocycles. The van der Waals surface area contributed by atoms with Crippen molar-refractivity contribution in [2.24, 2.45) is 0 Å². The summed E-state index contributed by atoms with van der Waals surface area (Å²) >= 11 is -0.193. The zero-order chi connectivity index (χ0) is 13.7. The molecule has 9 heteroatoms. The van der Waals surface area contributed by atoms with Crippen LogP contribution in [-0.2, 0) is 23.2 Å². The van der Waals surface area contributed by atoms with Gasteiger partial charge < -0.3 is 13.7 Å². The largest absolute Gasteiger partial charge is 0.469 e. The predicted molar refractivity (Wildman–Crippen MR) is 52.0 cm³/mol. The van der Waals surface area contributed by atoms with Crippen LogP contribution in [0.1, 0.15) is 6.42 Å². The SMILES string of the molecule is COSC(CC(=O)OC)(C(=O)OC)C(F)(F)F. The molecule has 0 aromatic carbocycles. The van der Waals surface area contributed by atoms with Crippen LogP contribution in [0, 0.1) is 0 Å². The molecule has 0 bridgehead atoms. The smallest absolute Gasteiger partial charge is 0.416 e. The minimum atomic E-state index is -5.02. The van der Waals surface area contributed by atoms with Crippen LogP contribution in [0.4, 0.5) is 13.2 Å². The first kappa shape index (κ1) is 16.0. The van der Waals surface area contributed by atoms with Crippen LogP contribution in [0.25, 0.3) is 0 Å². The van der Waals surface area contributed by atoms with Crippen LogP contribution < -0.4 is 0 Å². The van der Waals surface area contributed by atoms with Crippen LogP contribution >= 0.6 is 12.0 Å². The van der Waals surface area contributed by atoms with E-state index in [9.17, 15) is 22.8 Å². The monoisotopic (exact) mass is 276 g/mol. The molecule has 1 atom stereocenters. The van der Waals surface area contributed by atoms with Gasteiger partial charge >= 0.3 is 18.1 Å². The second-order valence-corrected chi connectivity index (χ2v) is 4.02. The molecule has 0 fully saturated rings. The lowest BCUT2D eigenvalue weighted by molar-refractivity contribution is -0.191. The lowest BCUT2D eigenvalue weighted by Crippen LogP contribution is -2.51. The van der Waals surface area contributed by atoms with Gasteiger partial charge in [0.2, 0.25) is 4.75 Å². The first-order chi connectivity index (χ1) is 7.75. The van der Waals surface area contributed by atoms with E-state index in [2.05, 4.69) is 13.7 Å². The fraction of sp³-hybridized carbons (Fsp3) is 0.750. The van der Waals surface area contributed by atoms with Gasteiger partial charge in [0.1, 0.15) is 0 Å². The average Bonchev–Trinajstić information content (AvgIpc) is 2.25. The van der Waals surface area contributed by atoms with Gasteiger partial charge in [-0.15, -0.1) is 0 Å². The lowest BCUT2D eigenvalue weighted by atomic mass is 10.0. The van der Waals surface area contributed by atoms with Gasteiger partial charge in [0.15, 0.2) is 0 Å². The molecule has 0 aliphatic rings. The van der Waals surface area contributed by atoms with Crippen LogP contribution in [0.3, 0.4) is 0 Å². The third-order valence-corrected chi connectivity index (χ3v) is 2.81. The van der Waals surface area contributed by atoms with Crippen molar-refractivity contribution in [1.82, 2.24) is 0 Å². The quantitative estimate of drug-likeness (QED) is 0.557. The zero-order valence-electron chi connectivity index (χ0n) is 9.29. The highest BCUT2D eigenvalue weighted by Gasteiger charge is 2.64. The Morgan fingerprint density at radius 3 is 1.94 bits per heavy atom. The summed E-state index contributed by atoms with van der Waals surface area (Å²) in [7, 11) is 2.65. The number of ether oxygens (including phenoxy) is 2. The Bertz CT molecular complexity index is 293. The summed E-state index contributed by atoms with van der Waals surface area (Å²) in [5.74, 6) is -2.82. The van der Waals surface area contributed by atoms with Gasteiger partial charge in [-0.25, -0.2) is 0 Å². The third-order valence-electron chi connectivity index (χ3n) is 1.82. The summed E-state index contributed by atoms with van der Waals surface area (Å²) in [6.07, 6.45) is -6.24. The van der Waals surface area contributed by atoms with Crippen molar-refractivity contribution in [2.75, 3.05) is 21.3 Å². The normalized spacial score (nSPS) is 14.9. The molecule has 0 aliphatic heterocycles. The van der Waals surface area contributed by atoms with Crippen molar-refractivity contribution in [3.8, 4) is 0 Å². The topological polar surface area (TPSA) is 61.8 Å². The van der Waals surface area contributed by atoms with Crippen LogP contribution in [0.5, 0.6) is 0 Å². The molecule has 0 N–H and O–H groups in total. The maximum absolute atomic E-state index is 12.9. The van der Waals surface area contributed by atoms with Gasteiger partial charge in [-0.3, -0.25) is 9.59 Å². The van der Waals surface area contributed by atoms with Gasteiger partial charge in [-0.2, -0.15) is 13.2 Å². The fourth-order valence-electron chi connectivity index (χ4n) is 0.981. The molecule has 0 heterocycles. The number of methoxy groups -OCH3 is 2. The Balaban J connectivity index is 5.40. The first-order valence-corrected chi connectivity index (χ1v) is 4.93. The lowest BCUT2D eigenvalue weighted by Gasteiger charge is -2.29. The molecule has 0 saturated heterocycles. The van der Waals surface area contributed by atoms with Crippen molar-refractivity contribution in [3.05, 3.63) is 0 Å². The Hall–Kier alpha value is -0.960. The van der Waals surface area contributed by atoms with E-state index >= 15 is 0 Å². The van der Waals surface area contributed by atoms with Gasteiger partial charge in [0.25, 0.3) is 0 Å². The average molecular weight is 276 g/mol. The summed E-state index contributed by atoms with van der Waals surface area (Å²) in [5.41, 5.74) is 0. The molecule has 1 unspecified atom stereocenters. The number of carbonyl (C=O) groups excluding carboxylic acids is 2. The van der Waals surface area contributed by atoms with Gasteiger partial charge in [-0.1, -0.05) is 0 Å². The highest BCUT2D eigenvalue weighted by Crippen LogP contribution is 2.45. The highest BCUT2D eigenvalue weighted by molar-refractivity contribution is 7.97. The van der Waals surface area contributed by atoms with Gasteiger partial charge in [0, 0.05) is 12.0 Å². The van der Waals surface area contributed by atoms with Crippen molar-refractivity contribution in [2.45, 2.75) is 17.3 Å². The number of carbonyl (C=O) groups is 2. The summed E-state index contributed by atoms with van der Waals surface area (Å²) in [6.45, 7) is 0. The molecule has 0 radical (unpaired) electrons. The maximum Gasteiger partial charge on any atom is 0.416 e. The molecule has 0 spiro atoms. The van der Waals surface area contributed by atoms with Crippen molar-refractivity contribution < 1.29 is 36.4 Å². The molecule has 0 aromatic heterocycles. The van der Waals surface area contributed by atoms with E-state index in [1.165, 1.54) is 0 Å². The molecule has 100 valence electrons. The molecule has 0 aliphatic carbocycles. The molecule has 5 nitrogen and oxygen atoms in total. The molecule has 0 amide bonds. The summed E-state index contributed by atoms with van der Waals surface area (Å²) in [5, 5.41) is 0. The molecule has 17 heavy (non-hydrogen) atoms. The van der Waals surface area contributed by atoms with Crippen molar-refractivity contribution >= 4 is 24.0 Å². The Labute approximate surface area is 99.8 Å².